The number of aromatic nitrogens is 4. The largest absolute Gasteiger partial charge is 0.368 e. The first-order valence-corrected chi connectivity index (χ1v) is 6.84. The first-order chi connectivity index (χ1) is 10.0. The monoisotopic (exact) mass is 359 g/mol. The molecule has 2 aromatic rings. The highest BCUT2D eigenvalue weighted by Crippen LogP contribution is 2.13. The fourth-order valence-corrected chi connectivity index (χ4v) is 1.97. The Balaban J connectivity index is 2.31. The second kappa shape index (κ2) is 6.72. The number of benzene rings is 1. The Labute approximate surface area is 127 Å². The van der Waals surface area contributed by atoms with Gasteiger partial charge in [0.1, 0.15) is 0 Å². The third kappa shape index (κ3) is 3.61. The molecule has 0 bridgehead atoms. The Bertz CT molecular complexity index is 703. The van der Waals surface area contributed by atoms with Crippen LogP contribution >= 0.6 is 15.9 Å². The van der Waals surface area contributed by atoms with E-state index < -0.39 is 11.8 Å². The summed E-state index contributed by atoms with van der Waals surface area (Å²) in [6.07, 6.45) is -1.84. The lowest BCUT2D eigenvalue weighted by molar-refractivity contribution is 0.397. The van der Waals surface area contributed by atoms with E-state index in [1.54, 1.807) is 24.3 Å². The molecular weight excluding hydrogens is 348 g/mol. The summed E-state index contributed by atoms with van der Waals surface area (Å²) < 4.78 is 28.2. The van der Waals surface area contributed by atoms with Crippen molar-refractivity contribution in [2.75, 3.05) is 6.54 Å². The van der Waals surface area contributed by atoms with Crippen LogP contribution in [0.2, 0.25) is 0 Å². The molecule has 1 aromatic carbocycles. The lowest BCUT2D eigenvalue weighted by atomic mass is 10.2. The zero-order valence-electron chi connectivity index (χ0n) is 10.8. The molecule has 1 heterocycles. The highest BCUT2D eigenvalue weighted by molar-refractivity contribution is 9.10. The van der Waals surface area contributed by atoms with Crippen LogP contribution in [0.15, 0.2) is 45.2 Å². The van der Waals surface area contributed by atoms with Gasteiger partial charge >= 0.3 is 5.69 Å². The van der Waals surface area contributed by atoms with Crippen molar-refractivity contribution in [3.63, 3.8) is 0 Å². The van der Waals surface area contributed by atoms with Crippen molar-refractivity contribution < 1.29 is 8.78 Å². The van der Waals surface area contributed by atoms with Crippen LogP contribution in [-0.4, -0.2) is 26.3 Å². The molecule has 0 aliphatic heterocycles. The summed E-state index contributed by atoms with van der Waals surface area (Å²) in [5, 5.41) is 7.31. The van der Waals surface area contributed by atoms with Gasteiger partial charge in [0.15, 0.2) is 0 Å². The molecule has 0 aliphatic carbocycles. The van der Waals surface area contributed by atoms with Crippen LogP contribution in [0.5, 0.6) is 0 Å². The predicted octanol–water partition coefficient (Wildman–Crippen LogP) is 1.69. The van der Waals surface area contributed by atoms with Crippen molar-refractivity contribution >= 4 is 15.9 Å². The molecule has 0 spiro atoms. The Hall–Kier alpha value is -1.87. The van der Waals surface area contributed by atoms with Gasteiger partial charge in [-0.3, -0.25) is 0 Å². The fourth-order valence-electron chi connectivity index (χ4n) is 1.71. The van der Waals surface area contributed by atoms with Gasteiger partial charge in [-0.2, -0.15) is 18.1 Å². The van der Waals surface area contributed by atoms with E-state index in [0.29, 0.717) is 5.69 Å². The number of tetrazole rings is 1. The number of rotatable bonds is 5. The summed E-state index contributed by atoms with van der Waals surface area (Å²) >= 11 is 3.28. The van der Waals surface area contributed by atoms with Gasteiger partial charge in [0, 0.05) is 10.0 Å². The standard InChI is InChI=1S/C12H12BrF2N5O/c13-9-1-3-10(4-2-9)20-12(21)19(17-18-20)7-8(5-6-16)11(14)15/h1-4H,5-7,16H2. The molecule has 21 heavy (non-hydrogen) atoms. The summed E-state index contributed by atoms with van der Waals surface area (Å²) in [6.45, 7) is -0.253. The molecule has 1 aromatic heterocycles. The van der Waals surface area contributed by atoms with Crippen LogP contribution < -0.4 is 11.4 Å². The average molecular weight is 360 g/mol. The molecule has 0 saturated heterocycles. The third-order valence-electron chi connectivity index (χ3n) is 2.76. The molecule has 0 fully saturated rings. The topological polar surface area (TPSA) is 78.7 Å². The molecule has 2 N–H and O–H groups in total. The van der Waals surface area contributed by atoms with Crippen LogP contribution in [0, 0.1) is 0 Å². The Morgan fingerprint density at radius 1 is 1.24 bits per heavy atom. The minimum Gasteiger partial charge on any atom is -0.330 e. The van der Waals surface area contributed by atoms with Gasteiger partial charge in [0.25, 0.3) is 6.08 Å². The van der Waals surface area contributed by atoms with Crippen LogP contribution in [0.3, 0.4) is 0 Å². The highest BCUT2D eigenvalue weighted by atomic mass is 79.9. The maximum absolute atomic E-state index is 12.7. The maximum atomic E-state index is 12.7. The van der Waals surface area contributed by atoms with E-state index in [4.69, 9.17) is 5.73 Å². The summed E-state index contributed by atoms with van der Waals surface area (Å²) in [4.78, 5) is 12.1. The number of nitrogens with two attached hydrogens (primary N) is 1. The first kappa shape index (κ1) is 15.5. The van der Waals surface area contributed by atoms with Crippen LogP contribution in [0.25, 0.3) is 5.69 Å². The summed E-state index contributed by atoms with van der Waals surface area (Å²) in [5.41, 5.74) is 4.96. The minimum atomic E-state index is -1.84. The molecule has 9 heteroatoms. The number of halogens is 3. The van der Waals surface area contributed by atoms with Crippen molar-refractivity contribution in [1.82, 2.24) is 19.8 Å². The first-order valence-electron chi connectivity index (χ1n) is 6.04. The van der Waals surface area contributed by atoms with Crippen LogP contribution in [-0.2, 0) is 6.54 Å². The van der Waals surface area contributed by atoms with Crippen molar-refractivity contribution in [3.05, 3.63) is 50.9 Å². The van der Waals surface area contributed by atoms with E-state index in [0.717, 1.165) is 13.8 Å². The molecule has 2 rings (SSSR count). The number of hydrogen-bond donors (Lipinski definition) is 1. The number of nitrogens with zero attached hydrogens (tertiary/aromatic N) is 4. The predicted molar refractivity (Wildman–Crippen MR) is 76.2 cm³/mol. The van der Waals surface area contributed by atoms with Crippen molar-refractivity contribution in [3.8, 4) is 5.69 Å². The van der Waals surface area contributed by atoms with Gasteiger partial charge in [-0.05, 0) is 47.7 Å². The molecule has 0 unspecified atom stereocenters. The summed E-state index contributed by atoms with van der Waals surface area (Å²) in [5.74, 6) is 0. The summed E-state index contributed by atoms with van der Waals surface area (Å²) in [7, 11) is 0. The lowest BCUT2D eigenvalue weighted by Gasteiger charge is -2.03. The quantitative estimate of drug-likeness (QED) is 0.880. The van der Waals surface area contributed by atoms with Crippen molar-refractivity contribution in [2.45, 2.75) is 13.0 Å². The van der Waals surface area contributed by atoms with E-state index in [-0.39, 0.29) is 25.1 Å². The van der Waals surface area contributed by atoms with Gasteiger partial charge in [0.05, 0.1) is 12.2 Å². The average Bonchev–Trinajstić information content (AvgIpc) is 2.81. The Kier molecular flexibility index (Phi) is 4.97. The highest BCUT2D eigenvalue weighted by Gasteiger charge is 2.13. The molecule has 112 valence electrons. The van der Waals surface area contributed by atoms with E-state index >= 15 is 0 Å². The van der Waals surface area contributed by atoms with E-state index in [2.05, 4.69) is 26.4 Å². The Morgan fingerprint density at radius 2 is 1.90 bits per heavy atom. The van der Waals surface area contributed by atoms with Crippen LogP contribution in [0.1, 0.15) is 6.42 Å². The lowest BCUT2D eigenvalue weighted by Crippen LogP contribution is -2.25. The molecule has 0 aliphatic rings. The second-order valence-corrected chi connectivity index (χ2v) is 5.13. The van der Waals surface area contributed by atoms with Crippen molar-refractivity contribution in [1.29, 1.82) is 0 Å². The van der Waals surface area contributed by atoms with E-state index in [1.807, 2.05) is 0 Å². The molecule has 0 amide bonds. The summed E-state index contributed by atoms with van der Waals surface area (Å²) in [6, 6.07) is 6.80. The molecule has 0 radical (unpaired) electrons. The molecule has 0 atom stereocenters. The number of hydrogen-bond acceptors (Lipinski definition) is 4. The molecular formula is C12H12BrF2N5O. The van der Waals surface area contributed by atoms with Gasteiger partial charge in [-0.1, -0.05) is 15.9 Å². The third-order valence-corrected chi connectivity index (χ3v) is 3.29. The van der Waals surface area contributed by atoms with Crippen molar-refractivity contribution in [2.24, 2.45) is 5.73 Å². The SMILES string of the molecule is NCCC(Cn1nnn(-c2ccc(Br)cc2)c1=O)=C(F)F. The zero-order valence-corrected chi connectivity index (χ0v) is 12.4. The minimum absolute atomic E-state index is 0.0000822. The van der Waals surface area contributed by atoms with Crippen LogP contribution in [0.4, 0.5) is 8.78 Å². The van der Waals surface area contributed by atoms with Gasteiger partial charge in [-0.25, -0.2) is 4.79 Å². The maximum Gasteiger partial charge on any atom is 0.368 e. The zero-order chi connectivity index (χ0) is 15.4. The second-order valence-electron chi connectivity index (χ2n) is 4.21. The molecule has 0 saturated carbocycles. The fraction of sp³-hybridized carbons (Fsp3) is 0.250. The smallest absolute Gasteiger partial charge is 0.330 e. The normalized spacial score (nSPS) is 10.7. The van der Waals surface area contributed by atoms with E-state index in [9.17, 15) is 13.6 Å². The Morgan fingerprint density at radius 3 is 2.48 bits per heavy atom. The van der Waals surface area contributed by atoms with Gasteiger partial charge in [-0.15, -0.1) is 0 Å². The van der Waals surface area contributed by atoms with Gasteiger partial charge < -0.3 is 5.73 Å². The van der Waals surface area contributed by atoms with E-state index in [1.165, 1.54) is 0 Å². The molecule has 6 nitrogen and oxygen atoms in total. The van der Waals surface area contributed by atoms with Gasteiger partial charge in [0.2, 0.25) is 0 Å².